The van der Waals surface area contributed by atoms with Crippen LogP contribution in [0.15, 0.2) is 0 Å². The van der Waals surface area contributed by atoms with Crippen molar-refractivity contribution in [3.8, 4) is 0 Å². The molecule has 6 nitrogen and oxygen atoms in total. The average molecular weight is 200 g/mol. The first-order chi connectivity index (χ1) is 6.65. The highest BCUT2D eigenvalue weighted by molar-refractivity contribution is 5.93. The van der Waals surface area contributed by atoms with Crippen LogP contribution in [-0.4, -0.2) is 43.2 Å². The molecule has 0 aromatic heterocycles. The van der Waals surface area contributed by atoms with E-state index in [4.69, 9.17) is 15.9 Å². The van der Waals surface area contributed by atoms with Gasteiger partial charge in [0.15, 0.2) is 5.96 Å². The molecule has 6 heteroatoms. The number of amides is 2. The highest BCUT2D eigenvalue weighted by Crippen LogP contribution is 2.13. The lowest BCUT2D eigenvalue weighted by atomic mass is 10.2. The number of hydrogen-bond acceptors (Lipinski definition) is 3. The largest absolute Gasteiger partial charge is 0.376 e. The van der Waals surface area contributed by atoms with Gasteiger partial charge in [0.05, 0.1) is 12.6 Å². The lowest BCUT2D eigenvalue weighted by Crippen LogP contribution is -2.48. The fourth-order valence-electron chi connectivity index (χ4n) is 1.42. The van der Waals surface area contributed by atoms with Gasteiger partial charge >= 0.3 is 6.03 Å². The number of nitrogens with one attached hydrogen (secondary N) is 2. The second kappa shape index (κ2) is 4.80. The molecule has 0 aromatic carbocycles. The van der Waals surface area contributed by atoms with Crippen molar-refractivity contribution < 1.29 is 9.53 Å². The van der Waals surface area contributed by atoms with Gasteiger partial charge in [-0.15, -0.1) is 0 Å². The quantitative estimate of drug-likeness (QED) is 0.422. The van der Waals surface area contributed by atoms with Crippen molar-refractivity contribution in [1.29, 1.82) is 5.41 Å². The van der Waals surface area contributed by atoms with E-state index in [-0.39, 0.29) is 18.1 Å². The number of carbonyl (C=O) groups is 1. The van der Waals surface area contributed by atoms with Crippen molar-refractivity contribution in [2.24, 2.45) is 5.73 Å². The summed E-state index contributed by atoms with van der Waals surface area (Å²) < 4.78 is 5.35. The Kier molecular flexibility index (Phi) is 3.70. The second-order valence-electron chi connectivity index (χ2n) is 3.19. The van der Waals surface area contributed by atoms with Gasteiger partial charge in [0.25, 0.3) is 0 Å². The molecule has 1 aliphatic rings. The van der Waals surface area contributed by atoms with Crippen LogP contribution < -0.4 is 11.1 Å². The summed E-state index contributed by atoms with van der Waals surface area (Å²) in [6.45, 7) is 1.08. The van der Waals surface area contributed by atoms with E-state index >= 15 is 0 Å². The van der Waals surface area contributed by atoms with Gasteiger partial charge in [0.1, 0.15) is 0 Å². The highest BCUT2D eigenvalue weighted by atomic mass is 16.5. The van der Waals surface area contributed by atoms with Gasteiger partial charge in [-0.25, -0.2) is 4.79 Å². The number of hydrogen-bond donors (Lipinski definition) is 3. The number of nitrogens with zero attached hydrogens (tertiary/aromatic N) is 1. The maximum atomic E-state index is 11.3. The summed E-state index contributed by atoms with van der Waals surface area (Å²) in [5.74, 6) is -0.250. The Morgan fingerprint density at radius 2 is 2.50 bits per heavy atom. The molecule has 1 fully saturated rings. The third-order valence-electron chi connectivity index (χ3n) is 2.16. The molecular formula is C8H16N4O2. The number of carbonyl (C=O) groups excluding carboxylic acids is 1. The van der Waals surface area contributed by atoms with Crippen molar-refractivity contribution in [3.63, 3.8) is 0 Å². The van der Waals surface area contributed by atoms with Gasteiger partial charge in [-0.1, -0.05) is 0 Å². The highest BCUT2D eigenvalue weighted by Gasteiger charge is 2.23. The Balaban J connectivity index is 2.50. The molecule has 0 radical (unpaired) electrons. The van der Waals surface area contributed by atoms with Crippen LogP contribution in [0.1, 0.15) is 12.8 Å². The Hall–Kier alpha value is -1.30. The van der Waals surface area contributed by atoms with Crippen LogP contribution in [0, 0.1) is 5.41 Å². The predicted molar refractivity (Wildman–Crippen MR) is 52.0 cm³/mol. The zero-order chi connectivity index (χ0) is 10.6. The molecule has 1 aliphatic heterocycles. The lowest BCUT2D eigenvalue weighted by Gasteiger charge is -2.22. The van der Waals surface area contributed by atoms with E-state index in [1.54, 1.807) is 0 Å². The first kappa shape index (κ1) is 10.8. The van der Waals surface area contributed by atoms with Crippen LogP contribution in [-0.2, 0) is 4.74 Å². The average Bonchev–Trinajstić information content (AvgIpc) is 2.65. The van der Waals surface area contributed by atoms with Crippen LogP contribution >= 0.6 is 0 Å². The molecule has 0 saturated carbocycles. The molecule has 0 aromatic rings. The minimum Gasteiger partial charge on any atom is -0.376 e. The Morgan fingerprint density at radius 3 is 2.93 bits per heavy atom. The Morgan fingerprint density at radius 1 is 1.79 bits per heavy atom. The molecular weight excluding hydrogens is 184 g/mol. The third kappa shape index (κ3) is 2.59. The SMILES string of the molecule is CNC(=O)N(CC1CCCO1)C(=N)N. The molecule has 0 aliphatic carbocycles. The summed E-state index contributed by atoms with van der Waals surface area (Å²) in [5, 5.41) is 9.67. The van der Waals surface area contributed by atoms with Gasteiger partial charge in [0.2, 0.25) is 0 Å². The second-order valence-corrected chi connectivity index (χ2v) is 3.19. The first-order valence-electron chi connectivity index (χ1n) is 4.60. The van der Waals surface area contributed by atoms with Crippen LogP contribution in [0.2, 0.25) is 0 Å². The molecule has 2 amide bonds. The molecule has 1 unspecified atom stereocenters. The van der Waals surface area contributed by atoms with E-state index in [0.717, 1.165) is 19.4 Å². The van der Waals surface area contributed by atoms with E-state index in [1.807, 2.05) is 0 Å². The number of guanidine groups is 1. The zero-order valence-electron chi connectivity index (χ0n) is 8.25. The minimum atomic E-state index is -0.368. The van der Waals surface area contributed by atoms with Gasteiger partial charge < -0.3 is 15.8 Å². The Bertz CT molecular complexity index is 225. The summed E-state index contributed by atoms with van der Waals surface area (Å²) in [6.07, 6.45) is 1.93. The smallest absolute Gasteiger partial charge is 0.324 e. The molecule has 1 heterocycles. The number of urea groups is 1. The van der Waals surface area contributed by atoms with Crippen molar-refractivity contribution >= 4 is 12.0 Å². The van der Waals surface area contributed by atoms with E-state index in [9.17, 15) is 4.79 Å². The van der Waals surface area contributed by atoms with E-state index in [1.165, 1.54) is 11.9 Å². The number of nitrogens with two attached hydrogens (primary N) is 1. The molecule has 14 heavy (non-hydrogen) atoms. The monoisotopic (exact) mass is 200 g/mol. The molecule has 1 saturated heterocycles. The maximum Gasteiger partial charge on any atom is 0.324 e. The standard InChI is InChI=1S/C8H16N4O2/c1-11-8(13)12(7(9)10)5-6-3-2-4-14-6/h6H,2-5H2,1H3,(H3,9,10)(H,11,13). The number of rotatable bonds is 2. The van der Waals surface area contributed by atoms with E-state index < -0.39 is 0 Å². The Labute approximate surface area is 82.9 Å². The predicted octanol–water partition coefficient (Wildman–Crippen LogP) is -0.300. The molecule has 1 atom stereocenters. The van der Waals surface area contributed by atoms with Crippen molar-refractivity contribution in [2.45, 2.75) is 18.9 Å². The van der Waals surface area contributed by atoms with Crippen molar-refractivity contribution in [2.75, 3.05) is 20.2 Å². The first-order valence-corrected chi connectivity index (χ1v) is 4.60. The summed E-state index contributed by atoms with van der Waals surface area (Å²) >= 11 is 0. The topological polar surface area (TPSA) is 91.4 Å². The van der Waals surface area contributed by atoms with E-state index in [2.05, 4.69) is 5.32 Å². The molecule has 0 spiro atoms. The van der Waals surface area contributed by atoms with Crippen molar-refractivity contribution in [3.05, 3.63) is 0 Å². The summed E-state index contributed by atoms with van der Waals surface area (Å²) in [5.41, 5.74) is 5.28. The fourth-order valence-corrected chi connectivity index (χ4v) is 1.42. The van der Waals surface area contributed by atoms with Crippen molar-refractivity contribution in [1.82, 2.24) is 10.2 Å². The fraction of sp³-hybridized carbons (Fsp3) is 0.750. The molecule has 0 bridgehead atoms. The summed E-state index contributed by atoms with van der Waals surface area (Å²) in [7, 11) is 1.51. The van der Waals surface area contributed by atoms with Gasteiger partial charge in [-0.2, -0.15) is 0 Å². The summed E-state index contributed by atoms with van der Waals surface area (Å²) in [4.78, 5) is 12.5. The summed E-state index contributed by atoms with van der Waals surface area (Å²) in [6, 6.07) is -0.368. The normalized spacial score (nSPS) is 20.5. The van der Waals surface area contributed by atoms with Gasteiger partial charge in [0, 0.05) is 13.7 Å². The van der Waals surface area contributed by atoms with Crippen LogP contribution in [0.4, 0.5) is 4.79 Å². The third-order valence-corrected chi connectivity index (χ3v) is 2.16. The van der Waals surface area contributed by atoms with E-state index in [0.29, 0.717) is 6.54 Å². The van der Waals surface area contributed by atoms with Crippen LogP contribution in [0.25, 0.3) is 0 Å². The van der Waals surface area contributed by atoms with Gasteiger partial charge in [-0.3, -0.25) is 10.3 Å². The minimum absolute atomic E-state index is 0.0104. The van der Waals surface area contributed by atoms with Gasteiger partial charge in [-0.05, 0) is 12.8 Å². The molecule has 1 rings (SSSR count). The zero-order valence-corrected chi connectivity index (χ0v) is 8.25. The molecule has 80 valence electrons. The number of ether oxygens (including phenoxy) is 1. The maximum absolute atomic E-state index is 11.3. The van der Waals surface area contributed by atoms with Crippen LogP contribution in [0.3, 0.4) is 0 Å². The molecule has 4 N–H and O–H groups in total. The van der Waals surface area contributed by atoms with Crippen LogP contribution in [0.5, 0.6) is 0 Å². The lowest BCUT2D eigenvalue weighted by molar-refractivity contribution is 0.0951.